The number of aromatic nitrogens is 2. The van der Waals surface area contributed by atoms with E-state index in [1.807, 2.05) is 0 Å². The molecule has 0 saturated heterocycles. The zero-order valence-electron chi connectivity index (χ0n) is 10.4. The summed E-state index contributed by atoms with van der Waals surface area (Å²) in [4.78, 5) is 24.3. The van der Waals surface area contributed by atoms with Crippen LogP contribution in [0.4, 0.5) is 4.39 Å². The van der Waals surface area contributed by atoms with Crippen molar-refractivity contribution in [1.29, 1.82) is 0 Å². The number of rotatable bonds is 2. The zero-order chi connectivity index (χ0) is 13.4. The molecular weight excluding hydrogens is 237 g/mol. The topological polar surface area (TPSA) is 56.0 Å². The molecule has 0 aliphatic carbocycles. The number of fused-ring (bicyclic) bond motifs is 1. The maximum absolute atomic E-state index is 13.8. The number of aryl methyl sites for hydroxylation is 1. The van der Waals surface area contributed by atoms with E-state index in [1.54, 1.807) is 20.0 Å². The van der Waals surface area contributed by atoms with Crippen molar-refractivity contribution in [1.82, 2.24) is 14.5 Å². The molecular formula is C12H14FN3O2. The van der Waals surface area contributed by atoms with Gasteiger partial charge in [-0.3, -0.25) is 9.36 Å². The van der Waals surface area contributed by atoms with Gasteiger partial charge in [0.05, 0.1) is 17.1 Å². The molecule has 1 aromatic heterocycles. The molecule has 0 fully saturated rings. The van der Waals surface area contributed by atoms with Gasteiger partial charge >= 0.3 is 5.69 Å². The molecule has 5 nitrogen and oxygen atoms in total. The van der Waals surface area contributed by atoms with Crippen LogP contribution in [0, 0.1) is 5.82 Å². The molecule has 2 aromatic rings. The van der Waals surface area contributed by atoms with Crippen molar-refractivity contribution in [2.24, 2.45) is 7.05 Å². The number of hydrogen-bond acceptors (Lipinski definition) is 3. The number of halogens is 1. The van der Waals surface area contributed by atoms with Gasteiger partial charge in [-0.2, -0.15) is 0 Å². The second-order valence-corrected chi connectivity index (χ2v) is 4.12. The van der Waals surface area contributed by atoms with Crippen LogP contribution in [-0.2, 0) is 7.05 Å². The fraction of sp³-hybridized carbons (Fsp3) is 0.333. The van der Waals surface area contributed by atoms with Gasteiger partial charge in [-0.05, 0) is 26.1 Å². The molecule has 0 aliphatic heterocycles. The lowest BCUT2D eigenvalue weighted by molar-refractivity contribution is 0.436. The minimum atomic E-state index is -0.620. The Morgan fingerprint density at radius 1 is 1.33 bits per heavy atom. The van der Waals surface area contributed by atoms with E-state index in [4.69, 9.17) is 0 Å². The van der Waals surface area contributed by atoms with Gasteiger partial charge in [0.15, 0.2) is 0 Å². The van der Waals surface area contributed by atoms with Gasteiger partial charge in [0.25, 0.3) is 5.56 Å². The maximum Gasteiger partial charge on any atom is 0.332 e. The third-order valence-corrected chi connectivity index (χ3v) is 3.08. The smallest absolute Gasteiger partial charge is 0.300 e. The van der Waals surface area contributed by atoms with E-state index in [0.717, 1.165) is 4.57 Å². The summed E-state index contributed by atoms with van der Waals surface area (Å²) in [7, 11) is 3.14. The molecule has 96 valence electrons. The van der Waals surface area contributed by atoms with Crippen LogP contribution < -0.4 is 16.6 Å². The highest BCUT2D eigenvalue weighted by Gasteiger charge is 2.16. The largest absolute Gasteiger partial charge is 0.332 e. The Kier molecular flexibility index (Phi) is 3.04. The van der Waals surface area contributed by atoms with Crippen molar-refractivity contribution in [3.8, 4) is 0 Å². The standard InChI is InChI=1S/C12H14FN3O2/c1-7(14-2)16-11(17)10-8(13)5-4-6-9(10)15(3)12(16)18/h4-7,14H,1-3H3. The lowest BCUT2D eigenvalue weighted by Crippen LogP contribution is -2.44. The van der Waals surface area contributed by atoms with Crippen molar-refractivity contribution in [3.05, 3.63) is 44.9 Å². The normalized spacial score (nSPS) is 12.9. The van der Waals surface area contributed by atoms with Crippen LogP contribution in [0.25, 0.3) is 10.9 Å². The maximum atomic E-state index is 13.8. The highest BCUT2D eigenvalue weighted by Crippen LogP contribution is 2.11. The first-order valence-corrected chi connectivity index (χ1v) is 5.56. The van der Waals surface area contributed by atoms with Gasteiger partial charge < -0.3 is 5.32 Å². The van der Waals surface area contributed by atoms with Crippen LogP contribution in [0.5, 0.6) is 0 Å². The van der Waals surface area contributed by atoms with E-state index in [2.05, 4.69) is 5.32 Å². The molecule has 1 aromatic carbocycles. The molecule has 18 heavy (non-hydrogen) atoms. The summed E-state index contributed by atoms with van der Waals surface area (Å²) < 4.78 is 16.0. The predicted molar refractivity (Wildman–Crippen MR) is 67.2 cm³/mol. The average molecular weight is 251 g/mol. The fourth-order valence-electron chi connectivity index (χ4n) is 1.95. The van der Waals surface area contributed by atoms with Crippen LogP contribution in [0.3, 0.4) is 0 Å². The van der Waals surface area contributed by atoms with Gasteiger partial charge in [0.1, 0.15) is 5.82 Å². The molecule has 6 heteroatoms. The first-order valence-electron chi connectivity index (χ1n) is 5.56. The van der Waals surface area contributed by atoms with E-state index in [1.165, 1.54) is 23.7 Å². The van der Waals surface area contributed by atoms with Crippen LogP contribution in [0.2, 0.25) is 0 Å². The molecule has 0 spiro atoms. The Balaban J connectivity index is 3.04. The summed E-state index contributed by atoms with van der Waals surface area (Å²) >= 11 is 0. The summed E-state index contributed by atoms with van der Waals surface area (Å²) in [6.45, 7) is 1.66. The number of nitrogens with one attached hydrogen (secondary N) is 1. The summed E-state index contributed by atoms with van der Waals surface area (Å²) in [6.07, 6.45) is -0.500. The summed E-state index contributed by atoms with van der Waals surface area (Å²) in [6, 6.07) is 4.24. The van der Waals surface area contributed by atoms with E-state index in [0.29, 0.717) is 5.52 Å². The number of hydrogen-bond donors (Lipinski definition) is 1. The summed E-state index contributed by atoms with van der Waals surface area (Å²) in [5.74, 6) is -0.620. The Bertz CT molecular complexity index is 718. The molecule has 0 amide bonds. The Hall–Kier alpha value is -1.95. The van der Waals surface area contributed by atoms with E-state index < -0.39 is 23.2 Å². The fourth-order valence-corrected chi connectivity index (χ4v) is 1.95. The average Bonchev–Trinajstić information content (AvgIpc) is 2.35. The Morgan fingerprint density at radius 2 is 2.00 bits per heavy atom. The van der Waals surface area contributed by atoms with E-state index >= 15 is 0 Å². The molecule has 1 atom stereocenters. The molecule has 0 radical (unpaired) electrons. The van der Waals surface area contributed by atoms with Gasteiger partial charge in [0.2, 0.25) is 0 Å². The Labute approximate surface area is 102 Å². The minimum Gasteiger partial charge on any atom is -0.300 e. The number of benzene rings is 1. The van der Waals surface area contributed by atoms with Gasteiger partial charge in [0, 0.05) is 7.05 Å². The van der Waals surface area contributed by atoms with Crippen LogP contribution >= 0.6 is 0 Å². The summed E-state index contributed by atoms with van der Waals surface area (Å²) in [5.41, 5.74) is -0.794. The molecule has 1 unspecified atom stereocenters. The van der Waals surface area contributed by atoms with E-state index in [9.17, 15) is 14.0 Å². The second-order valence-electron chi connectivity index (χ2n) is 4.12. The van der Waals surface area contributed by atoms with Gasteiger partial charge in [-0.25, -0.2) is 13.8 Å². The van der Waals surface area contributed by atoms with Gasteiger partial charge in [-0.1, -0.05) is 6.07 Å². The molecule has 1 N–H and O–H groups in total. The lowest BCUT2D eigenvalue weighted by atomic mass is 10.2. The SMILES string of the molecule is CNC(C)n1c(=O)c2c(F)cccc2n(C)c1=O. The van der Waals surface area contributed by atoms with Crippen LogP contribution in [0.15, 0.2) is 27.8 Å². The van der Waals surface area contributed by atoms with Crippen molar-refractivity contribution in [2.45, 2.75) is 13.1 Å². The van der Waals surface area contributed by atoms with Crippen LogP contribution in [-0.4, -0.2) is 16.2 Å². The number of nitrogens with zero attached hydrogens (tertiary/aromatic N) is 2. The molecule has 0 saturated carbocycles. The minimum absolute atomic E-state index is 0.0679. The Morgan fingerprint density at radius 3 is 2.61 bits per heavy atom. The van der Waals surface area contributed by atoms with Crippen molar-refractivity contribution >= 4 is 10.9 Å². The van der Waals surface area contributed by atoms with Crippen LogP contribution in [0.1, 0.15) is 13.1 Å². The highest BCUT2D eigenvalue weighted by atomic mass is 19.1. The van der Waals surface area contributed by atoms with Crippen molar-refractivity contribution < 1.29 is 4.39 Å². The molecule has 1 heterocycles. The van der Waals surface area contributed by atoms with E-state index in [-0.39, 0.29) is 5.39 Å². The third-order valence-electron chi connectivity index (χ3n) is 3.08. The first-order chi connectivity index (χ1) is 8.49. The zero-order valence-corrected chi connectivity index (χ0v) is 10.4. The lowest BCUT2D eigenvalue weighted by Gasteiger charge is -2.16. The quantitative estimate of drug-likeness (QED) is 0.849. The highest BCUT2D eigenvalue weighted by molar-refractivity contribution is 5.78. The van der Waals surface area contributed by atoms with Crippen molar-refractivity contribution in [2.75, 3.05) is 7.05 Å². The van der Waals surface area contributed by atoms with Gasteiger partial charge in [-0.15, -0.1) is 0 Å². The predicted octanol–water partition coefficient (Wildman–Crippen LogP) is 0.577. The molecule has 2 rings (SSSR count). The second kappa shape index (κ2) is 4.38. The third kappa shape index (κ3) is 1.65. The molecule has 0 bridgehead atoms. The molecule has 0 aliphatic rings. The first kappa shape index (κ1) is 12.5. The summed E-state index contributed by atoms with van der Waals surface area (Å²) in [5, 5.41) is 2.73. The van der Waals surface area contributed by atoms with Crippen molar-refractivity contribution in [3.63, 3.8) is 0 Å². The monoisotopic (exact) mass is 251 g/mol.